The molecular formula is C28H26N2O3. The van der Waals surface area contributed by atoms with E-state index in [0.717, 1.165) is 48.3 Å². The highest BCUT2D eigenvalue weighted by Crippen LogP contribution is 2.36. The van der Waals surface area contributed by atoms with Crippen molar-refractivity contribution in [3.05, 3.63) is 101 Å². The van der Waals surface area contributed by atoms with E-state index in [9.17, 15) is 9.59 Å². The summed E-state index contributed by atoms with van der Waals surface area (Å²) in [5, 5.41) is 0. The zero-order valence-corrected chi connectivity index (χ0v) is 18.7. The predicted molar refractivity (Wildman–Crippen MR) is 129 cm³/mol. The van der Waals surface area contributed by atoms with Crippen LogP contribution in [0.25, 0.3) is 6.08 Å². The Kier molecular flexibility index (Phi) is 5.69. The highest BCUT2D eigenvalue weighted by molar-refractivity contribution is 6.09. The number of carbonyl (C=O) groups is 2. The maximum Gasteiger partial charge on any atom is 0.294 e. The van der Waals surface area contributed by atoms with Crippen LogP contribution in [0.1, 0.15) is 39.9 Å². The van der Waals surface area contributed by atoms with Crippen molar-refractivity contribution in [2.45, 2.75) is 26.3 Å². The van der Waals surface area contributed by atoms with Gasteiger partial charge in [0.1, 0.15) is 0 Å². The second-order valence-electron chi connectivity index (χ2n) is 8.58. The molecule has 0 atom stereocenters. The van der Waals surface area contributed by atoms with Crippen LogP contribution in [0.3, 0.4) is 0 Å². The number of aryl methyl sites for hydroxylation is 1. The maximum atomic E-state index is 13.4. The molecule has 0 bridgehead atoms. The molecule has 3 aromatic rings. The van der Waals surface area contributed by atoms with Crippen molar-refractivity contribution in [2.75, 3.05) is 18.0 Å². The third kappa shape index (κ3) is 4.40. The largest absolute Gasteiger partial charge is 0.449 e. The number of fused-ring (bicyclic) bond motifs is 1. The molecule has 33 heavy (non-hydrogen) atoms. The summed E-state index contributed by atoms with van der Waals surface area (Å²) in [6, 6.07) is 23.1. The zero-order valence-electron chi connectivity index (χ0n) is 18.7. The van der Waals surface area contributed by atoms with E-state index in [1.54, 1.807) is 11.0 Å². The number of hydrogen-bond donors (Lipinski definition) is 0. The van der Waals surface area contributed by atoms with Gasteiger partial charge in [0.15, 0.2) is 11.5 Å². The number of benzene rings is 3. The Morgan fingerprint density at radius 3 is 2.48 bits per heavy atom. The molecule has 0 saturated carbocycles. The first-order valence-corrected chi connectivity index (χ1v) is 11.3. The van der Waals surface area contributed by atoms with Gasteiger partial charge in [0.05, 0.1) is 12.2 Å². The van der Waals surface area contributed by atoms with E-state index in [1.165, 1.54) is 0 Å². The smallest absolute Gasteiger partial charge is 0.294 e. The standard InChI is InChI=1S/C28H26N2O3/c1-20-7-6-8-22(17-20)19-30-24-9-2-3-10-25(24)33-26(28(30)32)18-21-11-13-23(14-12-21)27(31)29-15-4-5-16-29/h2-3,6-14,17-18H,4-5,15-16,19H2,1H3. The van der Waals surface area contributed by atoms with E-state index in [1.807, 2.05) is 78.6 Å². The number of carbonyl (C=O) groups excluding carboxylic acids is 2. The SMILES string of the molecule is Cc1cccc(CN2C(=O)C(=Cc3ccc(C(=O)N4CCCC4)cc3)Oc3ccccc32)c1. The number of nitrogens with zero attached hydrogens (tertiary/aromatic N) is 2. The lowest BCUT2D eigenvalue weighted by molar-refractivity contribution is -0.117. The van der Waals surface area contributed by atoms with E-state index in [0.29, 0.717) is 17.9 Å². The number of anilines is 1. The molecule has 166 valence electrons. The molecule has 1 saturated heterocycles. The van der Waals surface area contributed by atoms with Crippen LogP contribution in [-0.4, -0.2) is 29.8 Å². The Labute approximate surface area is 193 Å². The van der Waals surface area contributed by atoms with Crippen molar-refractivity contribution in [2.24, 2.45) is 0 Å². The molecule has 2 aliphatic heterocycles. The van der Waals surface area contributed by atoms with Crippen LogP contribution in [0.4, 0.5) is 5.69 Å². The molecule has 2 heterocycles. The molecule has 0 radical (unpaired) electrons. The van der Waals surface area contributed by atoms with Gasteiger partial charge in [-0.2, -0.15) is 0 Å². The highest BCUT2D eigenvalue weighted by atomic mass is 16.5. The van der Waals surface area contributed by atoms with Gasteiger partial charge in [-0.15, -0.1) is 0 Å². The first-order valence-electron chi connectivity index (χ1n) is 11.3. The maximum absolute atomic E-state index is 13.4. The third-order valence-electron chi connectivity index (χ3n) is 6.10. The second-order valence-corrected chi connectivity index (χ2v) is 8.58. The minimum absolute atomic E-state index is 0.0648. The van der Waals surface area contributed by atoms with Gasteiger partial charge in [-0.1, -0.05) is 54.1 Å². The van der Waals surface area contributed by atoms with Crippen molar-refractivity contribution < 1.29 is 14.3 Å². The average molecular weight is 439 g/mol. The van der Waals surface area contributed by atoms with Gasteiger partial charge in [-0.25, -0.2) is 0 Å². The molecule has 0 aliphatic carbocycles. The monoisotopic (exact) mass is 438 g/mol. The van der Waals surface area contributed by atoms with Crippen LogP contribution in [0, 0.1) is 6.92 Å². The summed E-state index contributed by atoms with van der Waals surface area (Å²) in [6.07, 6.45) is 3.87. The fourth-order valence-electron chi connectivity index (χ4n) is 4.39. The van der Waals surface area contributed by atoms with Gasteiger partial charge in [-0.3, -0.25) is 14.5 Å². The van der Waals surface area contributed by atoms with Crippen LogP contribution in [-0.2, 0) is 11.3 Å². The van der Waals surface area contributed by atoms with Crippen molar-refractivity contribution >= 4 is 23.6 Å². The van der Waals surface area contributed by atoms with Gasteiger partial charge >= 0.3 is 0 Å². The fourth-order valence-corrected chi connectivity index (χ4v) is 4.39. The van der Waals surface area contributed by atoms with Crippen LogP contribution in [0.15, 0.2) is 78.6 Å². The number of para-hydroxylation sites is 2. The summed E-state index contributed by atoms with van der Waals surface area (Å²) in [5.41, 5.74) is 4.45. The lowest BCUT2D eigenvalue weighted by atomic mass is 10.1. The molecule has 5 nitrogen and oxygen atoms in total. The molecule has 5 rings (SSSR count). The minimum Gasteiger partial charge on any atom is -0.449 e. The molecule has 5 heteroatoms. The van der Waals surface area contributed by atoms with Gasteiger partial charge in [0, 0.05) is 18.7 Å². The summed E-state index contributed by atoms with van der Waals surface area (Å²) in [6.45, 7) is 4.15. The predicted octanol–water partition coefficient (Wildman–Crippen LogP) is 5.20. The van der Waals surface area contributed by atoms with Crippen LogP contribution in [0.2, 0.25) is 0 Å². The molecule has 0 aromatic heterocycles. The van der Waals surface area contributed by atoms with Gasteiger partial charge < -0.3 is 9.64 Å². The van der Waals surface area contributed by atoms with E-state index in [2.05, 4.69) is 6.07 Å². The minimum atomic E-state index is -0.188. The van der Waals surface area contributed by atoms with E-state index in [4.69, 9.17) is 4.74 Å². The number of amides is 2. The van der Waals surface area contributed by atoms with Crippen LogP contribution < -0.4 is 9.64 Å². The second kappa shape index (κ2) is 8.94. The summed E-state index contributed by atoms with van der Waals surface area (Å²) in [5.74, 6) is 0.791. The Hall–Kier alpha value is -3.86. The van der Waals surface area contributed by atoms with Crippen molar-refractivity contribution in [1.82, 2.24) is 4.90 Å². The molecule has 0 unspecified atom stereocenters. The summed E-state index contributed by atoms with van der Waals surface area (Å²) in [7, 11) is 0. The van der Waals surface area contributed by atoms with Crippen molar-refractivity contribution in [1.29, 1.82) is 0 Å². The number of likely N-dealkylation sites (tertiary alicyclic amines) is 1. The van der Waals surface area contributed by atoms with Crippen molar-refractivity contribution in [3.8, 4) is 5.75 Å². The van der Waals surface area contributed by atoms with Crippen molar-refractivity contribution in [3.63, 3.8) is 0 Å². The molecule has 2 amide bonds. The zero-order chi connectivity index (χ0) is 22.8. The normalized spacial score (nSPS) is 16.6. The quantitative estimate of drug-likeness (QED) is 0.526. The third-order valence-corrected chi connectivity index (χ3v) is 6.10. The number of hydrogen-bond acceptors (Lipinski definition) is 3. The Balaban J connectivity index is 1.42. The van der Waals surface area contributed by atoms with Gasteiger partial charge in [-0.05, 0) is 61.2 Å². The van der Waals surface area contributed by atoms with Gasteiger partial charge in [0.25, 0.3) is 11.8 Å². The summed E-state index contributed by atoms with van der Waals surface area (Å²) < 4.78 is 5.99. The van der Waals surface area contributed by atoms with Crippen LogP contribution >= 0.6 is 0 Å². The molecule has 2 aliphatic rings. The topological polar surface area (TPSA) is 49.9 Å². The fraction of sp³-hybridized carbons (Fsp3) is 0.214. The molecule has 1 fully saturated rings. The lowest BCUT2D eigenvalue weighted by Gasteiger charge is -2.30. The van der Waals surface area contributed by atoms with E-state index >= 15 is 0 Å². The number of rotatable bonds is 4. The molecule has 3 aromatic carbocycles. The number of ether oxygens (including phenoxy) is 1. The Bertz CT molecular complexity index is 1220. The Morgan fingerprint density at radius 2 is 1.73 bits per heavy atom. The first-order chi connectivity index (χ1) is 16.1. The summed E-state index contributed by atoms with van der Waals surface area (Å²) >= 11 is 0. The molecular weight excluding hydrogens is 412 g/mol. The highest BCUT2D eigenvalue weighted by Gasteiger charge is 2.30. The molecule has 0 N–H and O–H groups in total. The summed E-state index contributed by atoms with van der Waals surface area (Å²) in [4.78, 5) is 29.7. The Morgan fingerprint density at radius 1 is 0.970 bits per heavy atom. The average Bonchev–Trinajstić information content (AvgIpc) is 3.37. The first kappa shape index (κ1) is 21.0. The van der Waals surface area contributed by atoms with E-state index < -0.39 is 0 Å². The van der Waals surface area contributed by atoms with E-state index in [-0.39, 0.29) is 17.6 Å². The lowest BCUT2D eigenvalue weighted by Crippen LogP contribution is -2.36. The van der Waals surface area contributed by atoms with Crippen LogP contribution in [0.5, 0.6) is 5.75 Å². The van der Waals surface area contributed by atoms with Gasteiger partial charge in [0.2, 0.25) is 0 Å². The molecule has 0 spiro atoms.